The van der Waals surface area contributed by atoms with Crippen molar-refractivity contribution >= 4 is 18.2 Å². The lowest BCUT2D eigenvalue weighted by Crippen LogP contribution is -2.62. The Labute approximate surface area is 199 Å². The molecule has 1 aromatic rings. The molecule has 184 valence electrons. The summed E-state index contributed by atoms with van der Waals surface area (Å²) in [6, 6.07) is 11.7. The number of hydrogen-bond acceptors (Lipinski definition) is 6. The van der Waals surface area contributed by atoms with Crippen LogP contribution in [0.5, 0.6) is 0 Å². The van der Waals surface area contributed by atoms with Gasteiger partial charge in [0.2, 0.25) is 6.41 Å². The smallest absolute Gasteiger partial charge is 0.253 e. The minimum absolute atomic E-state index is 0.112. The van der Waals surface area contributed by atoms with E-state index < -0.39 is 17.1 Å². The molecule has 9 nitrogen and oxygen atoms in total. The number of amidine groups is 1. The van der Waals surface area contributed by atoms with Crippen LogP contribution in [-0.4, -0.2) is 61.9 Å². The summed E-state index contributed by atoms with van der Waals surface area (Å²) >= 11 is 0. The van der Waals surface area contributed by atoms with Gasteiger partial charge in [0.25, 0.3) is 5.91 Å². The lowest BCUT2D eigenvalue weighted by molar-refractivity contribution is -0.114. The number of carbonyl (C=O) groups excluding carboxylic acids is 2. The Bertz CT molecular complexity index is 930. The molecular weight excluding hydrogens is 439 g/mol. The molecule has 1 heterocycles. The molecule has 0 unspecified atom stereocenters. The highest BCUT2D eigenvalue weighted by molar-refractivity contribution is 6.20. The van der Waals surface area contributed by atoms with Crippen LogP contribution in [-0.2, 0) is 20.0 Å². The van der Waals surface area contributed by atoms with Crippen molar-refractivity contribution in [3.05, 3.63) is 47.7 Å². The number of nitrogens with two attached hydrogens (primary N) is 2. The number of nitrogens with one attached hydrogen (secondary N) is 1. The number of amides is 2. The van der Waals surface area contributed by atoms with E-state index in [-0.39, 0.29) is 30.3 Å². The van der Waals surface area contributed by atoms with Gasteiger partial charge in [-0.2, -0.15) is 10.3 Å². The summed E-state index contributed by atoms with van der Waals surface area (Å²) in [6.45, 7) is 0.732. The molecule has 0 aromatic heterocycles. The molecule has 34 heavy (non-hydrogen) atoms. The Hall–Kier alpha value is -3.29. The zero-order valence-electron chi connectivity index (χ0n) is 19.7. The maximum absolute atomic E-state index is 15.1. The average molecular weight is 473 g/mol. The number of nitriles is 1. The van der Waals surface area contributed by atoms with E-state index in [0.717, 1.165) is 12.8 Å². The van der Waals surface area contributed by atoms with Crippen LogP contribution < -0.4 is 16.8 Å². The van der Waals surface area contributed by atoms with E-state index in [9.17, 15) is 14.9 Å². The number of primary amides is 1. The SMILES string of the molecule is COC.N#CCC1(N/C=C(/C(N)=O)C(N)=NC=O)CCC(N2CC(F)(c3ccccc3)C2)CC1. The van der Waals surface area contributed by atoms with Crippen LogP contribution in [0.1, 0.15) is 37.7 Å². The Morgan fingerprint density at radius 1 is 1.29 bits per heavy atom. The number of halogens is 1. The first kappa shape index (κ1) is 27.0. The molecule has 0 spiro atoms. The maximum Gasteiger partial charge on any atom is 0.253 e. The lowest BCUT2D eigenvalue weighted by Gasteiger charge is -2.51. The van der Waals surface area contributed by atoms with Crippen LogP contribution in [0.2, 0.25) is 0 Å². The third kappa shape index (κ3) is 6.62. The maximum atomic E-state index is 15.1. The molecule has 3 rings (SSSR count). The Morgan fingerprint density at radius 2 is 1.88 bits per heavy atom. The van der Waals surface area contributed by atoms with Gasteiger partial charge < -0.3 is 21.5 Å². The first-order chi connectivity index (χ1) is 16.2. The van der Waals surface area contributed by atoms with E-state index in [1.165, 1.54) is 6.20 Å². The fourth-order valence-electron chi connectivity index (χ4n) is 4.44. The molecule has 1 aromatic carbocycles. The van der Waals surface area contributed by atoms with E-state index in [4.69, 9.17) is 11.5 Å². The quantitative estimate of drug-likeness (QED) is 0.225. The molecule has 1 aliphatic heterocycles. The lowest BCUT2D eigenvalue weighted by atomic mass is 9.75. The predicted octanol–water partition coefficient (Wildman–Crippen LogP) is 1.50. The van der Waals surface area contributed by atoms with Crippen molar-refractivity contribution in [2.45, 2.75) is 49.4 Å². The van der Waals surface area contributed by atoms with Crippen LogP contribution in [0.4, 0.5) is 4.39 Å². The summed E-state index contributed by atoms with van der Waals surface area (Å²) in [5.74, 6) is -1.10. The molecule has 0 atom stereocenters. The highest BCUT2D eigenvalue weighted by atomic mass is 19.1. The zero-order valence-corrected chi connectivity index (χ0v) is 19.7. The van der Waals surface area contributed by atoms with E-state index >= 15 is 4.39 Å². The van der Waals surface area contributed by atoms with Crippen LogP contribution in [0.25, 0.3) is 0 Å². The van der Waals surface area contributed by atoms with Crippen molar-refractivity contribution in [1.82, 2.24) is 10.2 Å². The Morgan fingerprint density at radius 3 is 2.38 bits per heavy atom. The van der Waals surface area contributed by atoms with Gasteiger partial charge in [-0.25, -0.2) is 4.39 Å². The summed E-state index contributed by atoms with van der Waals surface area (Å²) in [7, 11) is 3.25. The van der Waals surface area contributed by atoms with Gasteiger partial charge in [0.15, 0.2) is 5.67 Å². The number of likely N-dealkylation sites (tertiary alicyclic amines) is 1. The van der Waals surface area contributed by atoms with Crippen molar-refractivity contribution in [2.24, 2.45) is 16.5 Å². The fraction of sp³-hybridized carbons (Fsp3) is 0.500. The van der Waals surface area contributed by atoms with Gasteiger partial charge in [-0.15, -0.1) is 0 Å². The monoisotopic (exact) mass is 472 g/mol. The van der Waals surface area contributed by atoms with Gasteiger partial charge >= 0.3 is 0 Å². The van der Waals surface area contributed by atoms with Gasteiger partial charge in [0.1, 0.15) is 5.84 Å². The molecule has 2 fully saturated rings. The summed E-state index contributed by atoms with van der Waals surface area (Å²) in [6.07, 6.45) is 4.71. The van der Waals surface area contributed by atoms with Gasteiger partial charge in [0.05, 0.1) is 18.1 Å². The third-order valence-corrected chi connectivity index (χ3v) is 6.30. The minimum Gasteiger partial charge on any atom is -0.388 e. The largest absolute Gasteiger partial charge is 0.388 e. The molecule has 1 saturated heterocycles. The molecule has 2 aliphatic rings. The number of nitrogens with zero attached hydrogens (tertiary/aromatic N) is 3. The summed E-state index contributed by atoms with van der Waals surface area (Å²) in [5.41, 5.74) is 9.69. The number of alkyl halides is 1. The van der Waals surface area contributed by atoms with Gasteiger partial charge in [-0.05, 0) is 31.2 Å². The van der Waals surface area contributed by atoms with Gasteiger partial charge in [-0.1, -0.05) is 30.3 Å². The first-order valence-corrected chi connectivity index (χ1v) is 11.0. The van der Waals surface area contributed by atoms with Crippen molar-refractivity contribution in [2.75, 3.05) is 27.3 Å². The Kier molecular flexibility index (Phi) is 9.71. The highest BCUT2D eigenvalue weighted by Crippen LogP contribution is 2.41. The molecule has 2 amide bonds. The molecule has 0 bridgehead atoms. The van der Waals surface area contributed by atoms with Gasteiger partial charge in [0, 0.05) is 45.1 Å². The molecule has 1 aliphatic carbocycles. The fourth-order valence-corrected chi connectivity index (χ4v) is 4.44. The standard InChI is InChI=1S/C22H27FN6O2.C2H6O/c23-22(16-4-2-1-3-5-16)13-29(14-22)17-6-8-21(9-7-17,10-11-24)28-12-18(20(26)31)19(25)27-15-30;1-3-2/h1-5,12,15,17,28H,6-10,13-14H2,(H2,26,31)(H2,25,27,30);1-2H3/b18-12+;. The number of hydrogen-bond donors (Lipinski definition) is 3. The molecular formula is C24H33FN6O3. The molecule has 0 radical (unpaired) electrons. The van der Waals surface area contributed by atoms with Gasteiger partial charge in [-0.3, -0.25) is 14.5 Å². The van der Waals surface area contributed by atoms with E-state index in [0.29, 0.717) is 31.5 Å². The number of methoxy groups -OCH3 is 1. The van der Waals surface area contributed by atoms with Crippen LogP contribution in [0.3, 0.4) is 0 Å². The first-order valence-electron chi connectivity index (χ1n) is 11.0. The Balaban J connectivity index is 0.00000129. The van der Waals surface area contributed by atoms with Crippen LogP contribution >= 0.6 is 0 Å². The zero-order chi connectivity index (χ0) is 25.2. The van der Waals surface area contributed by atoms with Crippen molar-refractivity contribution in [3.8, 4) is 6.07 Å². The average Bonchev–Trinajstić information content (AvgIpc) is 2.79. The molecule has 10 heteroatoms. The molecule has 1 saturated carbocycles. The number of benzene rings is 1. The van der Waals surface area contributed by atoms with Crippen LogP contribution in [0.15, 0.2) is 47.1 Å². The minimum atomic E-state index is -1.31. The summed E-state index contributed by atoms with van der Waals surface area (Å²) in [5, 5.41) is 12.5. The van der Waals surface area contributed by atoms with Crippen molar-refractivity contribution in [1.29, 1.82) is 5.26 Å². The summed E-state index contributed by atoms with van der Waals surface area (Å²) < 4.78 is 19.4. The van der Waals surface area contributed by atoms with Crippen molar-refractivity contribution < 1.29 is 18.7 Å². The third-order valence-electron chi connectivity index (χ3n) is 6.30. The van der Waals surface area contributed by atoms with E-state index in [1.807, 2.05) is 30.3 Å². The molecule has 5 N–H and O–H groups in total. The normalized spacial score (nSPS) is 24.6. The summed E-state index contributed by atoms with van der Waals surface area (Å²) in [4.78, 5) is 27.7. The second-order valence-corrected chi connectivity index (χ2v) is 8.68. The number of rotatable bonds is 8. The highest BCUT2D eigenvalue weighted by Gasteiger charge is 2.48. The number of aliphatic imine (C=N–C) groups is 1. The van der Waals surface area contributed by atoms with Crippen molar-refractivity contribution in [3.63, 3.8) is 0 Å². The second kappa shape index (κ2) is 12.3. The predicted molar refractivity (Wildman–Crippen MR) is 127 cm³/mol. The second-order valence-electron chi connectivity index (χ2n) is 8.68. The number of ether oxygens (including phenoxy) is 1. The van der Waals surface area contributed by atoms with Crippen LogP contribution in [0, 0.1) is 11.3 Å². The topological polar surface area (TPSA) is 147 Å². The number of carbonyl (C=O) groups is 2. The van der Waals surface area contributed by atoms with E-state index in [1.54, 1.807) is 14.2 Å². The van der Waals surface area contributed by atoms with E-state index in [2.05, 4.69) is 26.0 Å².